The molecule has 0 atom stereocenters. The lowest BCUT2D eigenvalue weighted by Crippen LogP contribution is -2.14. The van der Waals surface area contributed by atoms with E-state index in [0.717, 1.165) is 13.1 Å². The standard InChI is InChI=1S/C14H21N3/c1-16(2)7-3-8-17-9-6-13-10-12(11-15)4-5-14(13)17/h4-6,9-10H,3,7-8,11,15H2,1-2H3. The second kappa shape index (κ2) is 5.34. The lowest BCUT2D eigenvalue weighted by Gasteiger charge is -2.10. The molecule has 2 aromatic rings. The molecule has 0 saturated heterocycles. The van der Waals surface area contributed by atoms with E-state index in [2.05, 4.69) is 54.0 Å². The Kier molecular flexibility index (Phi) is 3.82. The molecule has 0 unspecified atom stereocenters. The lowest BCUT2D eigenvalue weighted by atomic mass is 10.1. The average molecular weight is 231 g/mol. The SMILES string of the molecule is CN(C)CCCn1ccc2cc(CN)ccc21. The zero-order valence-electron chi connectivity index (χ0n) is 10.7. The van der Waals surface area contributed by atoms with Crippen molar-refractivity contribution >= 4 is 10.9 Å². The van der Waals surface area contributed by atoms with E-state index in [4.69, 9.17) is 5.73 Å². The van der Waals surface area contributed by atoms with Crippen molar-refractivity contribution in [2.75, 3.05) is 20.6 Å². The van der Waals surface area contributed by atoms with Crippen molar-refractivity contribution in [2.24, 2.45) is 5.73 Å². The summed E-state index contributed by atoms with van der Waals surface area (Å²) in [6.07, 6.45) is 3.34. The summed E-state index contributed by atoms with van der Waals surface area (Å²) in [4.78, 5) is 2.22. The van der Waals surface area contributed by atoms with Crippen LogP contribution in [0.3, 0.4) is 0 Å². The monoisotopic (exact) mass is 231 g/mol. The molecule has 0 aliphatic heterocycles. The van der Waals surface area contributed by atoms with Crippen LogP contribution in [0, 0.1) is 0 Å². The first-order valence-corrected chi connectivity index (χ1v) is 6.13. The summed E-state index contributed by atoms with van der Waals surface area (Å²) in [7, 11) is 4.22. The number of nitrogens with zero attached hydrogens (tertiary/aromatic N) is 2. The van der Waals surface area contributed by atoms with Crippen molar-refractivity contribution in [3.05, 3.63) is 36.0 Å². The van der Waals surface area contributed by atoms with Gasteiger partial charge in [0.05, 0.1) is 0 Å². The van der Waals surface area contributed by atoms with Gasteiger partial charge in [0.1, 0.15) is 0 Å². The van der Waals surface area contributed by atoms with Gasteiger partial charge in [-0.1, -0.05) is 6.07 Å². The number of aromatic nitrogens is 1. The molecule has 2 N–H and O–H groups in total. The third-order valence-corrected chi connectivity index (χ3v) is 3.08. The van der Waals surface area contributed by atoms with E-state index in [1.54, 1.807) is 0 Å². The van der Waals surface area contributed by atoms with Crippen molar-refractivity contribution in [1.82, 2.24) is 9.47 Å². The molecule has 1 aromatic heterocycles. The van der Waals surface area contributed by atoms with E-state index in [-0.39, 0.29) is 0 Å². The van der Waals surface area contributed by atoms with Crippen LogP contribution in [0.1, 0.15) is 12.0 Å². The number of benzene rings is 1. The van der Waals surface area contributed by atoms with Crippen molar-refractivity contribution in [2.45, 2.75) is 19.5 Å². The smallest absolute Gasteiger partial charge is 0.0480 e. The highest BCUT2D eigenvalue weighted by atomic mass is 15.1. The number of aryl methyl sites for hydroxylation is 1. The van der Waals surface area contributed by atoms with Crippen molar-refractivity contribution in [3.8, 4) is 0 Å². The van der Waals surface area contributed by atoms with Crippen LogP contribution >= 0.6 is 0 Å². The highest BCUT2D eigenvalue weighted by Crippen LogP contribution is 2.17. The highest BCUT2D eigenvalue weighted by Gasteiger charge is 2.01. The minimum atomic E-state index is 0.613. The van der Waals surface area contributed by atoms with E-state index in [9.17, 15) is 0 Å². The first kappa shape index (κ1) is 12.1. The van der Waals surface area contributed by atoms with E-state index in [0.29, 0.717) is 6.54 Å². The maximum Gasteiger partial charge on any atom is 0.0480 e. The molecule has 17 heavy (non-hydrogen) atoms. The van der Waals surface area contributed by atoms with Gasteiger partial charge in [0.15, 0.2) is 0 Å². The Hall–Kier alpha value is -1.32. The largest absolute Gasteiger partial charge is 0.347 e. The minimum Gasteiger partial charge on any atom is -0.347 e. The third-order valence-electron chi connectivity index (χ3n) is 3.08. The van der Waals surface area contributed by atoms with E-state index in [1.807, 2.05) is 0 Å². The van der Waals surface area contributed by atoms with Crippen molar-refractivity contribution in [1.29, 1.82) is 0 Å². The molecule has 3 heteroatoms. The molecule has 0 amide bonds. The van der Waals surface area contributed by atoms with Crippen molar-refractivity contribution < 1.29 is 0 Å². The molecular weight excluding hydrogens is 210 g/mol. The summed E-state index contributed by atoms with van der Waals surface area (Å²) in [5.41, 5.74) is 8.15. The van der Waals surface area contributed by atoms with Crippen molar-refractivity contribution in [3.63, 3.8) is 0 Å². The summed E-state index contributed by atoms with van der Waals surface area (Å²) < 4.78 is 2.32. The van der Waals surface area contributed by atoms with Gasteiger partial charge in [0.2, 0.25) is 0 Å². The first-order chi connectivity index (χ1) is 8.20. The Balaban J connectivity index is 2.13. The molecule has 92 valence electrons. The first-order valence-electron chi connectivity index (χ1n) is 6.13. The molecule has 0 fully saturated rings. The quantitative estimate of drug-likeness (QED) is 0.854. The Labute approximate surface area is 103 Å². The molecule has 0 aliphatic rings. The number of rotatable bonds is 5. The molecule has 1 aromatic carbocycles. The van der Waals surface area contributed by atoms with E-state index < -0.39 is 0 Å². The molecule has 0 saturated carbocycles. The highest BCUT2D eigenvalue weighted by molar-refractivity contribution is 5.80. The average Bonchev–Trinajstić information content (AvgIpc) is 2.71. The summed E-state index contributed by atoms with van der Waals surface area (Å²) in [6, 6.07) is 8.64. The van der Waals surface area contributed by atoms with Crippen LogP contribution in [-0.4, -0.2) is 30.1 Å². The van der Waals surface area contributed by atoms with Gasteiger partial charge < -0.3 is 15.2 Å². The van der Waals surface area contributed by atoms with Gasteiger partial charge in [0.25, 0.3) is 0 Å². The number of fused-ring (bicyclic) bond motifs is 1. The van der Waals surface area contributed by atoms with Crippen LogP contribution in [-0.2, 0) is 13.1 Å². The Morgan fingerprint density at radius 3 is 2.76 bits per heavy atom. The zero-order valence-corrected chi connectivity index (χ0v) is 10.7. The molecular formula is C14H21N3. The van der Waals surface area contributed by atoms with Gasteiger partial charge in [-0.25, -0.2) is 0 Å². The Morgan fingerprint density at radius 2 is 2.06 bits per heavy atom. The molecule has 0 radical (unpaired) electrons. The van der Waals surface area contributed by atoms with Gasteiger partial charge >= 0.3 is 0 Å². The fourth-order valence-electron chi connectivity index (χ4n) is 2.13. The summed E-state index contributed by atoms with van der Waals surface area (Å²) in [6.45, 7) is 2.81. The van der Waals surface area contributed by atoms with Gasteiger partial charge in [-0.15, -0.1) is 0 Å². The second-order valence-corrected chi connectivity index (χ2v) is 4.76. The summed E-state index contributed by atoms with van der Waals surface area (Å²) >= 11 is 0. The molecule has 0 spiro atoms. The second-order valence-electron chi connectivity index (χ2n) is 4.76. The third kappa shape index (κ3) is 2.87. The number of hydrogen-bond donors (Lipinski definition) is 1. The molecule has 3 nitrogen and oxygen atoms in total. The zero-order chi connectivity index (χ0) is 12.3. The van der Waals surface area contributed by atoms with Gasteiger partial charge in [-0.05, 0) is 56.2 Å². The summed E-state index contributed by atoms with van der Waals surface area (Å²) in [5.74, 6) is 0. The minimum absolute atomic E-state index is 0.613. The van der Waals surface area contributed by atoms with Crippen LogP contribution in [0.25, 0.3) is 10.9 Å². The number of nitrogens with two attached hydrogens (primary N) is 1. The molecule has 2 rings (SSSR count). The molecule has 0 bridgehead atoms. The van der Waals surface area contributed by atoms with Gasteiger partial charge in [-0.3, -0.25) is 0 Å². The fraction of sp³-hybridized carbons (Fsp3) is 0.429. The van der Waals surface area contributed by atoms with Crippen LogP contribution in [0.2, 0.25) is 0 Å². The lowest BCUT2D eigenvalue weighted by molar-refractivity contribution is 0.388. The van der Waals surface area contributed by atoms with E-state index >= 15 is 0 Å². The Bertz CT molecular complexity index is 485. The van der Waals surface area contributed by atoms with E-state index in [1.165, 1.54) is 22.9 Å². The van der Waals surface area contributed by atoms with Gasteiger partial charge in [-0.2, -0.15) is 0 Å². The Morgan fingerprint density at radius 1 is 1.24 bits per heavy atom. The predicted molar refractivity (Wildman–Crippen MR) is 73.0 cm³/mol. The number of hydrogen-bond acceptors (Lipinski definition) is 2. The van der Waals surface area contributed by atoms with Crippen LogP contribution in [0.5, 0.6) is 0 Å². The predicted octanol–water partition coefficient (Wildman–Crippen LogP) is 2.05. The fourth-order valence-corrected chi connectivity index (χ4v) is 2.13. The topological polar surface area (TPSA) is 34.2 Å². The van der Waals surface area contributed by atoms with Crippen LogP contribution in [0.15, 0.2) is 30.5 Å². The van der Waals surface area contributed by atoms with Crippen LogP contribution in [0.4, 0.5) is 0 Å². The maximum absolute atomic E-state index is 5.65. The molecule has 0 aliphatic carbocycles. The normalized spacial score (nSPS) is 11.5. The molecule has 1 heterocycles. The van der Waals surface area contributed by atoms with Crippen LogP contribution < -0.4 is 5.73 Å². The van der Waals surface area contributed by atoms with Gasteiger partial charge in [0, 0.05) is 24.8 Å². The maximum atomic E-state index is 5.65. The summed E-state index contributed by atoms with van der Waals surface area (Å²) in [5, 5.41) is 1.29.